The molecule has 0 N–H and O–H groups in total. The molecule has 0 aromatic heterocycles. The molecule has 1 fully saturated rings. The van der Waals surface area contributed by atoms with Gasteiger partial charge in [-0.2, -0.15) is 0 Å². The highest BCUT2D eigenvalue weighted by Gasteiger charge is 2.16. The van der Waals surface area contributed by atoms with E-state index in [1.807, 2.05) is 0 Å². The largest absolute Gasteiger partial charge is 0.379 e. The van der Waals surface area contributed by atoms with E-state index < -0.39 is 4.92 Å². The van der Waals surface area contributed by atoms with Gasteiger partial charge in [0.2, 0.25) is 0 Å². The first kappa shape index (κ1) is 12.6. The predicted molar refractivity (Wildman–Crippen MR) is 66.4 cm³/mol. The minimum atomic E-state index is -0.467. The van der Waals surface area contributed by atoms with E-state index in [-0.39, 0.29) is 10.7 Å². The lowest BCUT2D eigenvalue weighted by atomic mass is 10.3. The summed E-state index contributed by atoms with van der Waals surface area (Å²) in [6.07, 6.45) is 0. The van der Waals surface area contributed by atoms with Crippen molar-refractivity contribution in [1.82, 2.24) is 4.31 Å². The second-order valence-corrected chi connectivity index (χ2v) is 5.08. The lowest BCUT2D eigenvalue weighted by molar-refractivity contribution is -0.384. The maximum Gasteiger partial charge on any atom is 0.289 e. The molecule has 1 heterocycles. The summed E-state index contributed by atoms with van der Waals surface area (Å²) in [6, 6.07) is 4.85. The summed E-state index contributed by atoms with van der Waals surface area (Å²) in [5.41, 5.74) is -0.0510. The van der Waals surface area contributed by atoms with Gasteiger partial charge in [0, 0.05) is 24.1 Å². The summed E-state index contributed by atoms with van der Waals surface area (Å²) in [5, 5.41) is 10.9. The molecule has 2 rings (SSSR count). The quantitative estimate of drug-likeness (QED) is 0.482. The van der Waals surface area contributed by atoms with Gasteiger partial charge < -0.3 is 4.74 Å². The van der Waals surface area contributed by atoms with Gasteiger partial charge in [-0.25, -0.2) is 4.31 Å². The van der Waals surface area contributed by atoms with Crippen LogP contribution in [0.2, 0.25) is 5.02 Å². The van der Waals surface area contributed by atoms with Crippen LogP contribution in [0.5, 0.6) is 0 Å². The van der Waals surface area contributed by atoms with Crippen molar-refractivity contribution in [3.8, 4) is 0 Å². The van der Waals surface area contributed by atoms with E-state index in [9.17, 15) is 10.1 Å². The molecular formula is C10H11ClN2O3S. The van der Waals surface area contributed by atoms with Crippen molar-refractivity contribution in [2.75, 3.05) is 26.3 Å². The van der Waals surface area contributed by atoms with Crippen LogP contribution in [0.3, 0.4) is 0 Å². The van der Waals surface area contributed by atoms with E-state index >= 15 is 0 Å². The Morgan fingerprint density at radius 3 is 2.76 bits per heavy atom. The van der Waals surface area contributed by atoms with Crippen LogP contribution in [0, 0.1) is 10.1 Å². The molecular weight excluding hydrogens is 264 g/mol. The highest BCUT2D eigenvalue weighted by Crippen LogP contribution is 2.31. The molecule has 0 aliphatic carbocycles. The second-order valence-electron chi connectivity index (χ2n) is 3.50. The zero-order valence-electron chi connectivity index (χ0n) is 8.97. The number of morpholine rings is 1. The standard InChI is InChI=1S/C10H11ClN2O3S/c11-9-2-1-8(7-10(9)13(14)15)17-12-3-5-16-6-4-12/h1-2,7H,3-6H2. The van der Waals surface area contributed by atoms with Crippen LogP contribution in [0.25, 0.3) is 0 Å². The molecule has 0 amide bonds. The molecule has 1 aromatic rings. The number of hydrogen-bond acceptors (Lipinski definition) is 5. The Bertz CT molecular complexity index is 424. The van der Waals surface area contributed by atoms with Gasteiger partial charge in [-0.3, -0.25) is 10.1 Å². The summed E-state index contributed by atoms with van der Waals surface area (Å²) in [6.45, 7) is 3.04. The molecule has 0 atom stereocenters. The Morgan fingerprint density at radius 2 is 2.12 bits per heavy atom. The van der Waals surface area contributed by atoms with Crippen molar-refractivity contribution in [3.63, 3.8) is 0 Å². The van der Waals surface area contributed by atoms with Gasteiger partial charge in [-0.1, -0.05) is 11.6 Å². The first-order valence-corrected chi connectivity index (χ1v) is 6.26. The van der Waals surface area contributed by atoms with E-state index in [0.717, 1.165) is 18.0 Å². The fourth-order valence-electron chi connectivity index (χ4n) is 1.48. The zero-order valence-corrected chi connectivity index (χ0v) is 10.5. The van der Waals surface area contributed by atoms with E-state index in [2.05, 4.69) is 4.31 Å². The van der Waals surface area contributed by atoms with Crippen molar-refractivity contribution in [1.29, 1.82) is 0 Å². The number of halogens is 1. The molecule has 1 aliphatic heterocycles. The van der Waals surface area contributed by atoms with E-state index in [4.69, 9.17) is 16.3 Å². The van der Waals surface area contributed by atoms with Crippen molar-refractivity contribution >= 4 is 29.2 Å². The van der Waals surface area contributed by atoms with Gasteiger partial charge in [-0.05, 0) is 24.1 Å². The van der Waals surface area contributed by atoms with Crippen LogP contribution in [0.1, 0.15) is 0 Å². The zero-order chi connectivity index (χ0) is 12.3. The van der Waals surface area contributed by atoms with Gasteiger partial charge in [0.15, 0.2) is 0 Å². The number of ether oxygens (including phenoxy) is 1. The number of nitro benzene ring substituents is 1. The van der Waals surface area contributed by atoms with Crippen molar-refractivity contribution in [3.05, 3.63) is 33.3 Å². The monoisotopic (exact) mass is 274 g/mol. The van der Waals surface area contributed by atoms with Crippen LogP contribution in [-0.2, 0) is 4.74 Å². The Morgan fingerprint density at radius 1 is 1.41 bits per heavy atom. The molecule has 1 saturated heterocycles. The summed E-state index contributed by atoms with van der Waals surface area (Å²) in [5.74, 6) is 0. The Balaban J connectivity index is 2.10. The first-order chi connectivity index (χ1) is 8.16. The van der Waals surface area contributed by atoms with Gasteiger partial charge in [0.1, 0.15) is 5.02 Å². The third-order valence-corrected chi connectivity index (χ3v) is 3.73. The molecule has 1 aliphatic rings. The lowest BCUT2D eigenvalue weighted by Crippen LogP contribution is -2.30. The summed E-state index contributed by atoms with van der Waals surface area (Å²) in [4.78, 5) is 11.1. The number of rotatable bonds is 3. The number of nitrogens with zero attached hydrogens (tertiary/aromatic N) is 2. The van der Waals surface area contributed by atoms with Gasteiger partial charge >= 0.3 is 0 Å². The third kappa shape index (κ3) is 3.32. The highest BCUT2D eigenvalue weighted by atomic mass is 35.5. The Kier molecular flexibility index (Phi) is 4.22. The van der Waals surface area contributed by atoms with E-state index in [1.165, 1.54) is 18.0 Å². The van der Waals surface area contributed by atoms with E-state index in [1.54, 1.807) is 12.1 Å². The minimum absolute atomic E-state index is 0.0510. The van der Waals surface area contributed by atoms with Crippen molar-refractivity contribution in [2.24, 2.45) is 0 Å². The molecule has 0 saturated carbocycles. The van der Waals surface area contributed by atoms with Crippen LogP contribution in [0.15, 0.2) is 23.1 Å². The van der Waals surface area contributed by atoms with Crippen molar-refractivity contribution in [2.45, 2.75) is 4.90 Å². The average Bonchev–Trinajstić information content (AvgIpc) is 2.32. The number of benzene rings is 1. The number of hydrogen-bond donors (Lipinski definition) is 0. The number of nitro groups is 1. The van der Waals surface area contributed by atoms with Crippen LogP contribution in [0.4, 0.5) is 5.69 Å². The SMILES string of the molecule is O=[N+]([O-])c1cc(SN2CCOCC2)ccc1Cl. The molecule has 17 heavy (non-hydrogen) atoms. The van der Waals surface area contributed by atoms with Crippen molar-refractivity contribution < 1.29 is 9.66 Å². The Hall–Kier alpha value is -0.820. The molecule has 5 nitrogen and oxygen atoms in total. The Labute approximate surface area is 108 Å². The molecule has 7 heteroatoms. The molecule has 92 valence electrons. The van der Waals surface area contributed by atoms with Crippen LogP contribution in [-0.4, -0.2) is 35.5 Å². The predicted octanol–water partition coefficient (Wildman–Crippen LogP) is 2.59. The van der Waals surface area contributed by atoms with Crippen LogP contribution >= 0.6 is 23.5 Å². The molecule has 0 spiro atoms. The summed E-state index contributed by atoms with van der Waals surface area (Å²) in [7, 11) is 0. The lowest BCUT2D eigenvalue weighted by Gasteiger charge is -2.25. The topological polar surface area (TPSA) is 55.6 Å². The normalized spacial score (nSPS) is 17.0. The minimum Gasteiger partial charge on any atom is -0.379 e. The summed E-state index contributed by atoms with van der Waals surface area (Å²) >= 11 is 7.24. The van der Waals surface area contributed by atoms with E-state index in [0.29, 0.717) is 13.2 Å². The fourth-order valence-corrected chi connectivity index (χ4v) is 2.59. The molecule has 1 aromatic carbocycles. The smallest absolute Gasteiger partial charge is 0.289 e. The fraction of sp³-hybridized carbons (Fsp3) is 0.400. The third-order valence-electron chi connectivity index (χ3n) is 2.32. The van der Waals surface area contributed by atoms with Gasteiger partial charge in [-0.15, -0.1) is 0 Å². The molecule has 0 bridgehead atoms. The average molecular weight is 275 g/mol. The molecule has 0 unspecified atom stereocenters. The summed E-state index contributed by atoms with van der Waals surface area (Å²) < 4.78 is 7.36. The first-order valence-electron chi connectivity index (χ1n) is 5.11. The molecule has 0 radical (unpaired) electrons. The second kappa shape index (κ2) is 5.68. The highest BCUT2D eigenvalue weighted by molar-refractivity contribution is 7.97. The maximum absolute atomic E-state index is 10.7. The maximum atomic E-state index is 10.7. The van der Waals surface area contributed by atoms with Gasteiger partial charge in [0.05, 0.1) is 18.1 Å². The van der Waals surface area contributed by atoms with Gasteiger partial charge in [0.25, 0.3) is 5.69 Å². The van der Waals surface area contributed by atoms with Crippen LogP contribution < -0.4 is 0 Å².